The van der Waals surface area contributed by atoms with Crippen molar-refractivity contribution in [3.05, 3.63) is 54.4 Å². The van der Waals surface area contributed by atoms with Crippen molar-refractivity contribution in [2.24, 2.45) is 0 Å². The van der Waals surface area contributed by atoms with E-state index in [-0.39, 0.29) is 17.8 Å². The van der Waals surface area contributed by atoms with Gasteiger partial charge in [-0.05, 0) is 37.5 Å². The lowest BCUT2D eigenvalue weighted by atomic mass is 9.78. The maximum Gasteiger partial charge on any atom is 0.230 e. The van der Waals surface area contributed by atoms with Gasteiger partial charge in [-0.25, -0.2) is 9.37 Å². The van der Waals surface area contributed by atoms with Gasteiger partial charge in [0.25, 0.3) is 0 Å². The Bertz CT molecular complexity index is 645. The lowest BCUT2D eigenvalue weighted by Gasteiger charge is -2.30. The zero-order valence-electron chi connectivity index (χ0n) is 13.3. The molecule has 0 radical (unpaired) electrons. The number of nitrogens with zero attached hydrogens (tertiary/aromatic N) is 2. The second-order valence-electron chi connectivity index (χ2n) is 6.43. The van der Waals surface area contributed by atoms with Crippen molar-refractivity contribution >= 4 is 5.91 Å². The molecular formula is C18H22FN3O. The summed E-state index contributed by atoms with van der Waals surface area (Å²) in [7, 11) is 0. The van der Waals surface area contributed by atoms with Gasteiger partial charge in [0.2, 0.25) is 5.91 Å². The number of aromatic nitrogens is 2. The number of hydrogen-bond acceptors (Lipinski definition) is 2. The molecule has 2 aromatic rings. The van der Waals surface area contributed by atoms with E-state index in [9.17, 15) is 9.18 Å². The second-order valence-corrected chi connectivity index (χ2v) is 6.43. The van der Waals surface area contributed by atoms with Crippen LogP contribution in [0.4, 0.5) is 4.39 Å². The van der Waals surface area contributed by atoms with Gasteiger partial charge in [0, 0.05) is 25.0 Å². The molecule has 1 saturated carbocycles. The first-order valence-corrected chi connectivity index (χ1v) is 8.13. The lowest BCUT2D eigenvalue weighted by Crippen LogP contribution is -2.47. The molecule has 1 aliphatic carbocycles. The van der Waals surface area contributed by atoms with Gasteiger partial charge in [-0.1, -0.05) is 25.0 Å². The smallest absolute Gasteiger partial charge is 0.230 e. The van der Waals surface area contributed by atoms with E-state index >= 15 is 0 Å². The van der Waals surface area contributed by atoms with Crippen LogP contribution in [0.2, 0.25) is 0 Å². The zero-order valence-corrected chi connectivity index (χ0v) is 13.3. The summed E-state index contributed by atoms with van der Waals surface area (Å²) in [5, 5.41) is 3.13. The van der Waals surface area contributed by atoms with Crippen LogP contribution in [0.25, 0.3) is 0 Å². The zero-order chi connectivity index (χ0) is 16.3. The SMILES string of the molecule is C[C@@H](Cn1ccnc1)NC(=O)C1(c2ccc(F)cc2)CCCC1. The van der Waals surface area contributed by atoms with Crippen molar-refractivity contribution < 1.29 is 9.18 Å². The summed E-state index contributed by atoms with van der Waals surface area (Å²) in [5.41, 5.74) is 0.403. The fourth-order valence-corrected chi connectivity index (χ4v) is 3.51. The molecule has 0 saturated heterocycles. The molecule has 1 N–H and O–H groups in total. The van der Waals surface area contributed by atoms with Gasteiger partial charge in [-0.15, -0.1) is 0 Å². The molecule has 122 valence electrons. The molecule has 0 aliphatic heterocycles. The molecule has 5 heteroatoms. The van der Waals surface area contributed by atoms with E-state index in [2.05, 4.69) is 10.3 Å². The molecule has 0 unspecified atom stereocenters. The molecule has 1 aromatic carbocycles. The van der Waals surface area contributed by atoms with Gasteiger partial charge in [0.05, 0.1) is 11.7 Å². The average molecular weight is 315 g/mol. The van der Waals surface area contributed by atoms with E-state index < -0.39 is 5.41 Å². The Morgan fingerprint density at radius 2 is 2.04 bits per heavy atom. The highest BCUT2D eigenvalue weighted by Crippen LogP contribution is 2.41. The molecule has 1 atom stereocenters. The number of nitrogens with one attached hydrogen (secondary N) is 1. The van der Waals surface area contributed by atoms with Crippen molar-refractivity contribution in [2.75, 3.05) is 0 Å². The van der Waals surface area contributed by atoms with Crippen LogP contribution in [-0.4, -0.2) is 21.5 Å². The van der Waals surface area contributed by atoms with Gasteiger partial charge >= 0.3 is 0 Å². The van der Waals surface area contributed by atoms with Crippen LogP contribution in [0.5, 0.6) is 0 Å². The van der Waals surface area contributed by atoms with Gasteiger partial charge in [-0.2, -0.15) is 0 Å². The Morgan fingerprint density at radius 1 is 1.35 bits per heavy atom. The number of carbonyl (C=O) groups excluding carboxylic acids is 1. The highest BCUT2D eigenvalue weighted by molar-refractivity contribution is 5.88. The fraction of sp³-hybridized carbons (Fsp3) is 0.444. The normalized spacial score (nSPS) is 17.8. The Labute approximate surface area is 135 Å². The van der Waals surface area contributed by atoms with Crippen molar-refractivity contribution in [1.29, 1.82) is 0 Å². The van der Waals surface area contributed by atoms with E-state index in [1.54, 1.807) is 24.7 Å². The maximum absolute atomic E-state index is 13.2. The third-order valence-electron chi connectivity index (χ3n) is 4.71. The van der Waals surface area contributed by atoms with Crippen LogP contribution in [-0.2, 0) is 16.8 Å². The number of halogens is 1. The van der Waals surface area contributed by atoms with Crippen molar-refractivity contribution in [2.45, 2.75) is 50.6 Å². The van der Waals surface area contributed by atoms with Crippen LogP contribution in [0.15, 0.2) is 43.0 Å². The molecule has 1 aromatic heterocycles. The van der Waals surface area contributed by atoms with Gasteiger partial charge in [0.1, 0.15) is 5.82 Å². The molecule has 1 amide bonds. The molecule has 1 aliphatic rings. The summed E-state index contributed by atoms with van der Waals surface area (Å²) in [6.45, 7) is 2.68. The standard InChI is InChI=1S/C18H22FN3O/c1-14(12-22-11-10-20-13-22)21-17(23)18(8-2-3-9-18)15-4-6-16(19)7-5-15/h4-7,10-11,13-14H,2-3,8-9,12H2,1H3,(H,21,23)/t14-/m0/s1. The summed E-state index contributed by atoms with van der Waals surface area (Å²) in [6.07, 6.45) is 9.05. The first-order valence-electron chi connectivity index (χ1n) is 8.13. The summed E-state index contributed by atoms with van der Waals surface area (Å²) < 4.78 is 15.2. The summed E-state index contributed by atoms with van der Waals surface area (Å²) in [5.74, 6) is -0.218. The van der Waals surface area contributed by atoms with E-state index in [1.807, 2.05) is 17.7 Å². The highest BCUT2D eigenvalue weighted by atomic mass is 19.1. The van der Waals surface area contributed by atoms with E-state index in [4.69, 9.17) is 0 Å². The van der Waals surface area contributed by atoms with Crippen molar-refractivity contribution in [3.63, 3.8) is 0 Å². The molecule has 1 heterocycles. The molecular weight excluding hydrogens is 293 g/mol. The average Bonchev–Trinajstić information content (AvgIpc) is 3.19. The maximum atomic E-state index is 13.2. The van der Waals surface area contributed by atoms with Crippen molar-refractivity contribution in [1.82, 2.24) is 14.9 Å². The molecule has 1 fully saturated rings. The highest BCUT2D eigenvalue weighted by Gasteiger charge is 2.42. The minimum Gasteiger partial charge on any atom is -0.351 e. The number of rotatable bonds is 5. The number of benzene rings is 1. The topological polar surface area (TPSA) is 46.9 Å². The van der Waals surface area contributed by atoms with Crippen LogP contribution in [0.3, 0.4) is 0 Å². The predicted molar refractivity (Wildman–Crippen MR) is 86.4 cm³/mol. The van der Waals surface area contributed by atoms with Gasteiger partial charge in [0.15, 0.2) is 0 Å². The third-order valence-corrected chi connectivity index (χ3v) is 4.71. The summed E-state index contributed by atoms with van der Waals surface area (Å²) in [6, 6.07) is 6.39. The summed E-state index contributed by atoms with van der Waals surface area (Å²) >= 11 is 0. The first kappa shape index (κ1) is 15.7. The van der Waals surface area contributed by atoms with Crippen molar-refractivity contribution in [3.8, 4) is 0 Å². The predicted octanol–water partition coefficient (Wildman–Crippen LogP) is 3.04. The van der Waals surface area contributed by atoms with Crippen LogP contribution in [0, 0.1) is 5.82 Å². The number of carbonyl (C=O) groups is 1. The molecule has 23 heavy (non-hydrogen) atoms. The molecule has 3 rings (SSSR count). The first-order chi connectivity index (χ1) is 11.1. The van der Waals surface area contributed by atoms with Crippen LogP contribution < -0.4 is 5.32 Å². The monoisotopic (exact) mass is 315 g/mol. The van der Waals surface area contributed by atoms with Gasteiger partial charge in [-0.3, -0.25) is 4.79 Å². The number of hydrogen-bond donors (Lipinski definition) is 1. The third kappa shape index (κ3) is 3.28. The minimum atomic E-state index is -0.517. The Morgan fingerprint density at radius 3 is 2.65 bits per heavy atom. The summed E-state index contributed by atoms with van der Waals surface area (Å²) in [4.78, 5) is 17.0. The van der Waals surface area contributed by atoms with Crippen LogP contribution in [0.1, 0.15) is 38.2 Å². The van der Waals surface area contributed by atoms with Gasteiger partial charge < -0.3 is 9.88 Å². The fourth-order valence-electron chi connectivity index (χ4n) is 3.51. The number of amides is 1. The molecule has 0 bridgehead atoms. The minimum absolute atomic E-state index is 0.00891. The molecule has 4 nitrogen and oxygen atoms in total. The van der Waals surface area contributed by atoms with E-state index in [0.29, 0.717) is 6.54 Å². The quantitative estimate of drug-likeness (QED) is 0.922. The van der Waals surface area contributed by atoms with E-state index in [1.165, 1.54) is 12.1 Å². The van der Waals surface area contributed by atoms with E-state index in [0.717, 1.165) is 31.2 Å². The Kier molecular flexibility index (Phi) is 4.46. The lowest BCUT2D eigenvalue weighted by molar-refractivity contribution is -0.127. The number of imidazole rings is 1. The molecule has 0 spiro atoms. The second kappa shape index (κ2) is 6.52. The Hall–Kier alpha value is -2.17. The van der Waals surface area contributed by atoms with Crippen LogP contribution >= 0.6 is 0 Å². The Balaban J connectivity index is 1.75. The largest absolute Gasteiger partial charge is 0.351 e.